The minimum absolute atomic E-state index is 0.0273. The summed E-state index contributed by atoms with van der Waals surface area (Å²) in [6.45, 7) is 3.89. The lowest BCUT2D eigenvalue weighted by Crippen LogP contribution is -2.02. The molecule has 11 heteroatoms. The highest BCUT2D eigenvalue weighted by Gasteiger charge is 2.18. The fourth-order valence-corrected chi connectivity index (χ4v) is 3.63. The molecule has 0 fully saturated rings. The van der Waals surface area contributed by atoms with Crippen molar-refractivity contribution in [2.45, 2.75) is 30.7 Å². The number of hydrogen-bond acceptors (Lipinski definition) is 8. The number of halogens is 1. The lowest BCUT2D eigenvalue weighted by Gasteiger charge is -2.07. The number of nitro benzene ring substituents is 1. The van der Waals surface area contributed by atoms with E-state index >= 15 is 0 Å². The summed E-state index contributed by atoms with van der Waals surface area (Å²) in [6, 6.07) is 9.88. The summed E-state index contributed by atoms with van der Waals surface area (Å²) in [7, 11) is 0. The van der Waals surface area contributed by atoms with Gasteiger partial charge in [0.2, 0.25) is 5.16 Å². The van der Waals surface area contributed by atoms with Gasteiger partial charge in [0.1, 0.15) is 5.75 Å². The molecule has 1 heterocycles. The van der Waals surface area contributed by atoms with E-state index in [1.165, 1.54) is 18.0 Å². The molecule has 0 amide bonds. The molecule has 3 aromatic rings. The molecule has 0 bridgehead atoms. The van der Waals surface area contributed by atoms with Gasteiger partial charge in [-0.2, -0.15) is 9.78 Å². The first-order chi connectivity index (χ1) is 14.3. The summed E-state index contributed by atoms with van der Waals surface area (Å²) >= 11 is 4.85. The van der Waals surface area contributed by atoms with E-state index < -0.39 is 16.4 Å². The maximum atomic E-state index is 11.0. The van der Waals surface area contributed by atoms with Crippen LogP contribution in [-0.4, -0.2) is 36.2 Å². The Morgan fingerprint density at radius 1 is 1.23 bits per heavy atom. The highest BCUT2D eigenvalue weighted by Crippen LogP contribution is 2.32. The van der Waals surface area contributed by atoms with Gasteiger partial charge in [-0.25, -0.2) is 0 Å². The summed E-state index contributed by atoms with van der Waals surface area (Å²) in [5.41, 5.74) is 0.665. The van der Waals surface area contributed by atoms with Gasteiger partial charge in [-0.15, -0.1) is 10.2 Å². The first-order valence-corrected chi connectivity index (χ1v) is 10.6. The highest BCUT2D eigenvalue weighted by atomic mass is 79.9. The second-order valence-electron chi connectivity index (χ2n) is 6.62. The molecule has 0 aliphatic heterocycles. The average Bonchev–Trinajstić information content (AvgIpc) is 3.09. The minimum atomic E-state index is -0.732. The van der Waals surface area contributed by atoms with Crippen molar-refractivity contribution in [1.29, 1.82) is 0 Å². The van der Waals surface area contributed by atoms with Crippen LogP contribution in [0.4, 0.5) is 5.69 Å². The highest BCUT2D eigenvalue weighted by molar-refractivity contribution is 9.10. The largest absolute Gasteiger partial charge is 0.507 e. The third kappa shape index (κ3) is 4.97. The molecule has 0 radical (unpaired) electrons. The van der Waals surface area contributed by atoms with Crippen LogP contribution in [0.25, 0.3) is 0 Å². The lowest BCUT2D eigenvalue weighted by molar-refractivity contribution is -0.385. The summed E-state index contributed by atoms with van der Waals surface area (Å²) < 4.78 is 2.54. The van der Waals surface area contributed by atoms with E-state index in [-0.39, 0.29) is 17.2 Å². The number of phenolic OH excluding ortho intramolecular Hbond substituents is 2. The standard InChI is InChI=1S/C19H18BrN5O4S/c1-11(2)18-22-23-19(30-10-12-3-5-14(20)6-4-12)24(18)21-9-13-7-15(25(28)29)17(27)8-16(13)26/h3-9,11,26-27H,10H2,1-2H3/b21-9-. The number of rotatable bonds is 7. The van der Waals surface area contributed by atoms with E-state index in [0.29, 0.717) is 16.7 Å². The van der Waals surface area contributed by atoms with Crippen LogP contribution in [0.15, 0.2) is 51.1 Å². The molecule has 0 aliphatic rings. The Labute approximate surface area is 184 Å². The maximum Gasteiger partial charge on any atom is 0.311 e. The fourth-order valence-electron chi connectivity index (χ4n) is 2.52. The molecule has 0 saturated carbocycles. The number of hydrogen-bond donors (Lipinski definition) is 2. The first kappa shape index (κ1) is 21.8. The normalized spacial score (nSPS) is 11.5. The van der Waals surface area contributed by atoms with Gasteiger partial charge in [0.05, 0.1) is 11.1 Å². The van der Waals surface area contributed by atoms with Gasteiger partial charge in [-0.05, 0) is 17.7 Å². The van der Waals surface area contributed by atoms with Gasteiger partial charge >= 0.3 is 5.69 Å². The lowest BCUT2D eigenvalue weighted by atomic mass is 10.2. The molecular weight excluding hydrogens is 474 g/mol. The second-order valence-corrected chi connectivity index (χ2v) is 8.48. The number of benzene rings is 2. The summed E-state index contributed by atoms with van der Waals surface area (Å²) in [4.78, 5) is 10.3. The molecule has 0 atom stereocenters. The maximum absolute atomic E-state index is 11.0. The molecule has 2 aromatic carbocycles. The molecule has 2 N–H and O–H groups in total. The van der Waals surface area contributed by atoms with Crippen LogP contribution in [0, 0.1) is 10.1 Å². The predicted octanol–water partition coefficient (Wildman–Crippen LogP) is 4.66. The van der Waals surface area contributed by atoms with Crippen molar-refractivity contribution >= 4 is 39.6 Å². The number of nitro groups is 1. The number of phenols is 2. The van der Waals surface area contributed by atoms with Crippen LogP contribution >= 0.6 is 27.7 Å². The SMILES string of the molecule is CC(C)c1nnc(SCc2ccc(Br)cc2)n1/N=C\c1cc([N+](=O)[O-])c(O)cc1O. The molecule has 0 saturated heterocycles. The zero-order chi connectivity index (χ0) is 21.8. The monoisotopic (exact) mass is 491 g/mol. The molecule has 156 valence electrons. The minimum Gasteiger partial charge on any atom is -0.507 e. The summed E-state index contributed by atoms with van der Waals surface area (Å²) in [5.74, 6) is 0.337. The van der Waals surface area contributed by atoms with Crippen molar-refractivity contribution in [1.82, 2.24) is 14.9 Å². The topological polar surface area (TPSA) is 127 Å². The van der Waals surface area contributed by atoms with Gasteiger partial charge < -0.3 is 10.2 Å². The van der Waals surface area contributed by atoms with E-state index in [9.17, 15) is 20.3 Å². The predicted molar refractivity (Wildman–Crippen MR) is 117 cm³/mol. The zero-order valence-electron chi connectivity index (χ0n) is 16.1. The first-order valence-electron chi connectivity index (χ1n) is 8.83. The Bertz CT molecular complexity index is 1100. The third-order valence-electron chi connectivity index (χ3n) is 4.07. The van der Waals surface area contributed by atoms with Crippen molar-refractivity contribution < 1.29 is 15.1 Å². The van der Waals surface area contributed by atoms with Crippen LogP contribution < -0.4 is 0 Å². The Morgan fingerprint density at radius 2 is 1.93 bits per heavy atom. The average molecular weight is 492 g/mol. The van der Waals surface area contributed by atoms with Crippen LogP contribution in [0.2, 0.25) is 0 Å². The van der Waals surface area contributed by atoms with Crippen molar-refractivity contribution in [3.8, 4) is 11.5 Å². The zero-order valence-corrected chi connectivity index (χ0v) is 18.5. The number of aromatic hydroxyl groups is 2. The third-order valence-corrected chi connectivity index (χ3v) is 5.59. The van der Waals surface area contributed by atoms with E-state index in [2.05, 4.69) is 31.2 Å². The molecule has 3 rings (SSSR count). The molecule has 30 heavy (non-hydrogen) atoms. The van der Waals surface area contributed by atoms with Crippen molar-refractivity contribution in [2.75, 3.05) is 0 Å². The molecule has 0 aliphatic carbocycles. The van der Waals surface area contributed by atoms with Crippen LogP contribution in [-0.2, 0) is 5.75 Å². The molecule has 9 nitrogen and oxygen atoms in total. The van der Waals surface area contributed by atoms with Gasteiger partial charge in [0.25, 0.3) is 0 Å². The van der Waals surface area contributed by atoms with Crippen LogP contribution in [0.5, 0.6) is 11.5 Å². The van der Waals surface area contributed by atoms with Crippen molar-refractivity contribution in [3.63, 3.8) is 0 Å². The quantitative estimate of drug-likeness (QED) is 0.213. The Hall–Kier alpha value is -2.92. The van der Waals surface area contributed by atoms with Gasteiger partial charge in [-0.3, -0.25) is 10.1 Å². The number of aromatic nitrogens is 3. The number of nitrogens with zero attached hydrogens (tertiary/aromatic N) is 5. The second kappa shape index (κ2) is 9.26. The molecule has 1 aromatic heterocycles. The van der Waals surface area contributed by atoms with E-state index in [1.807, 2.05) is 38.1 Å². The fraction of sp³-hybridized carbons (Fsp3) is 0.211. The van der Waals surface area contributed by atoms with Gasteiger partial charge in [-0.1, -0.05) is 53.7 Å². The molecule has 0 spiro atoms. The van der Waals surface area contributed by atoms with Gasteiger partial charge in [0.15, 0.2) is 11.6 Å². The Morgan fingerprint density at radius 3 is 2.57 bits per heavy atom. The molecular formula is C19H18BrN5O4S. The van der Waals surface area contributed by atoms with Crippen molar-refractivity contribution in [3.05, 3.63) is 67.9 Å². The van der Waals surface area contributed by atoms with Crippen molar-refractivity contribution in [2.24, 2.45) is 5.10 Å². The smallest absolute Gasteiger partial charge is 0.311 e. The Kier molecular flexibility index (Phi) is 6.73. The summed E-state index contributed by atoms with van der Waals surface area (Å²) in [5, 5.41) is 44.0. The number of thioether (sulfide) groups is 1. The van der Waals surface area contributed by atoms with E-state index in [0.717, 1.165) is 22.2 Å². The Balaban J connectivity index is 1.91. The summed E-state index contributed by atoms with van der Waals surface area (Å²) in [6.07, 6.45) is 1.28. The molecule has 0 unspecified atom stereocenters. The van der Waals surface area contributed by atoms with E-state index in [4.69, 9.17) is 0 Å². The van der Waals surface area contributed by atoms with Crippen LogP contribution in [0.1, 0.15) is 36.7 Å². The van der Waals surface area contributed by atoms with Crippen LogP contribution in [0.3, 0.4) is 0 Å². The van der Waals surface area contributed by atoms with Gasteiger partial charge in [0, 0.05) is 33.8 Å². The van der Waals surface area contributed by atoms with E-state index in [1.54, 1.807) is 4.68 Å².